The highest BCUT2D eigenvalue weighted by atomic mass is 35.7. The van der Waals surface area contributed by atoms with Crippen LogP contribution < -0.4 is 0 Å². The van der Waals surface area contributed by atoms with Gasteiger partial charge in [-0.1, -0.05) is 0 Å². The molecule has 1 aliphatic rings. The molecule has 0 spiro atoms. The van der Waals surface area contributed by atoms with Gasteiger partial charge in [0.1, 0.15) is 0 Å². The van der Waals surface area contributed by atoms with Gasteiger partial charge < -0.3 is 4.90 Å². The van der Waals surface area contributed by atoms with Crippen molar-refractivity contribution in [2.45, 2.75) is 44.0 Å². The van der Waals surface area contributed by atoms with Crippen molar-refractivity contribution in [1.82, 2.24) is 4.90 Å². The molecule has 1 saturated carbocycles. The first-order valence-corrected chi connectivity index (χ1v) is 8.86. The lowest BCUT2D eigenvalue weighted by Gasteiger charge is -2.35. The first-order valence-electron chi connectivity index (χ1n) is 6.55. The lowest BCUT2D eigenvalue weighted by Crippen LogP contribution is -2.41. The molecule has 0 atom stereocenters. The van der Waals surface area contributed by atoms with Gasteiger partial charge in [0.15, 0.2) is 0 Å². The summed E-state index contributed by atoms with van der Waals surface area (Å²) in [4.78, 5) is 14.2. The quantitative estimate of drug-likeness (QED) is 0.806. The maximum absolute atomic E-state index is 12.5. The molecular weight excluding hydrogens is 298 g/mol. The molecule has 0 unspecified atom stereocenters. The SMILES string of the molecule is Cc1cc(S(=O)(=O)Cl)cc(C(=O)N(C)C2CCC2)c1C. The number of rotatable bonds is 3. The monoisotopic (exact) mass is 315 g/mol. The Bertz CT molecular complexity index is 651. The van der Waals surface area contributed by atoms with E-state index in [9.17, 15) is 13.2 Å². The highest BCUT2D eigenvalue weighted by Crippen LogP contribution is 2.28. The minimum atomic E-state index is -3.83. The average Bonchev–Trinajstić information content (AvgIpc) is 2.27. The Balaban J connectivity index is 2.44. The smallest absolute Gasteiger partial charge is 0.261 e. The molecule has 0 radical (unpaired) electrons. The highest BCUT2D eigenvalue weighted by Gasteiger charge is 2.28. The van der Waals surface area contributed by atoms with E-state index < -0.39 is 9.05 Å². The predicted octanol–water partition coefficient (Wildman–Crippen LogP) is 2.86. The Kier molecular flexibility index (Phi) is 4.12. The van der Waals surface area contributed by atoms with Crippen molar-refractivity contribution in [1.29, 1.82) is 0 Å². The zero-order valence-electron chi connectivity index (χ0n) is 11.8. The third-order valence-electron chi connectivity index (χ3n) is 4.10. The third kappa shape index (κ3) is 2.83. The van der Waals surface area contributed by atoms with Crippen molar-refractivity contribution in [2.24, 2.45) is 0 Å². The average molecular weight is 316 g/mol. The fourth-order valence-corrected chi connectivity index (χ4v) is 3.16. The van der Waals surface area contributed by atoms with Gasteiger partial charge >= 0.3 is 0 Å². The number of halogens is 1. The second kappa shape index (κ2) is 5.37. The Morgan fingerprint density at radius 3 is 2.35 bits per heavy atom. The molecule has 0 heterocycles. The molecule has 0 bridgehead atoms. The fourth-order valence-electron chi connectivity index (χ4n) is 2.32. The van der Waals surface area contributed by atoms with Crippen molar-refractivity contribution in [2.75, 3.05) is 7.05 Å². The minimum Gasteiger partial charge on any atom is -0.339 e. The number of nitrogens with zero attached hydrogens (tertiary/aromatic N) is 1. The molecular formula is C14H18ClNO3S. The van der Waals surface area contributed by atoms with Crippen molar-refractivity contribution >= 4 is 25.6 Å². The normalized spacial score (nSPS) is 15.8. The van der Waals surface area contributed by atoms with E-state index in [0.717, 1.165) is 30.4 Å². The van der Waals surface area contributed by atoms with Gasteiger partial charge in [-0.25, -0.2) is 8.42 Å². The Morgan fingerprint density at radius 2 is 1.90 bits per heavy atom. The molecule has 1 amide bonds. The van der Waals surface area contributed by atoms with Crippen LogP contribution in [-0.2, 0) is 9.05 Å². The summed E-state index contributed by atoms with van der Waals surface area (Å²) < 4.78 is 23.0. The summed E-state index contributed by atoms with van der Waals surface area (Å²) >= 11 is 0. The standard InChI is InChI=1S/C14H18ClNO3S/c1-9-7-12(20(15,18)19)8-13(10(9)2)14(17)16(3)11-5-4-6-11/h7-8,11H,4-6H2,1-3H3. The van der Waals surface area contributed by atoms with Crippen LogP contribution in [0.5, 0.6) is 0 Å². The van der Waals surface area contributed by atoms with Gasteiger partial charge in [0.05, 0.1) is 4.90 Å². The second-order valence-corrected chi connectivity index (χ2v) is 7.92. The molecule has 2 rings (SSSR count). The molecule has 0 aliphatic heterocycles. The number of hydrogen-bond acceptors (Lipinski definition) is 3. The van der Waals surface area contributed by atoms with Gasteiger partial charge in [-0.3, -0.25) is 4.79 Å². The van der Waals surface area contributed by atoms with Gasteiger partial charge in [0, 0.05) is 29.3 Å². The van der Waals surface area contributed by atoms with Crippen LogP contribution in [0.1, 0.15) is 40.7 Å². The first kappa shape index (κ1) is 15.3. The number of amides is 1. The summed E-state index contributed by atoms with van der Waals surface area (Å²) in [5.41, 5.74) is 1.96. The lowest BCUT2D eigenvalue weighted by atomic mass is 9.91. The molecule has 0 aromatic heterocycles. The van der Waals surface area contributed by atoms with Crippen LogP contribution in [0.25, 0.3) is 0 Å². The maximum atomic E-state index is 12.5. The fraction of sp³-hybridized carbons (Fsp3) is 0.500. The van der Waals surface area contributed by atoms with Gasteiger partial charge in [-0.2, -0.15) is 0 Å². The number of carbonyl (C=O) groups excluding carboxylic acids is 1. The topological polar surface area (TPSA) is 54.5 Å². The van der Waals surface area contributed by atoms with Gasteiger partial charge in [0.25, 0.3) is 15.0 Å². The first-order chi connectivity index (χ1) is 9.21. The zero-order valence-corrected chi connectivity index (χ0v) is 13.4. The van der Waals surface area contributed by atoms with Crippen molar-refractivity contribution < 1.29 is 13.2 Å². The predicted molar refractivity (Wildman–Crippen MR) is 78.7 cm³/mol. The van der Waals surface area contributed by atoms with Crippen molar-refractivity contribution in [3.8, 4) is 0 Å². The molecule has 110 valence electrons. The molecule has 0 saturated heterocycles. The summed E-state index contributed by atoms with van der Waals surface area (Å²) in [6.45, 7) is 3.60. The van der Waals surface area contributed by atoms with Gasteiger partial charge in [-0.05, 0) is 56.4 Å². The summed E-state index contributed by atoms with van der Waals surface area (Å²) in [7, 11) is 3.32. The lowest BCUT2D eigenvalue weighted by molar-refractivity contribution is 0.0651. The van der Waals surface area contributed by atoms with Gasteiger partial charge in [-0.15, -0.1) is 0 Å². The Hall–Kier alpha value is -1.07. The van der Waals surface area contributed by atoms with Crippen molar-refractivity contribution in [3.63, 3.8) is 0 Å². The molecule has 1 aromatic rings. The minimum absolute atomic E-state index is 0.0207. The molecule has 6 heteroatoms. The largest absolute Gasteiger partial charge is 0.339 e. The second-order valence-electron chi connectivity index (χ2n) is 5.35. The van der Waals surface area contributed by atoms with Crippen LogP contribution in [0, 0.1) is 13.8 Å². The Morgan fingerprint density at radius 1 is 1.30 bits per heavy atom. The maximum Gasteiger partial charge on any atom is 0.261 e. The van der Waals surface area contributed by atoms with E-state index in [1.165, 1.54) is 12.1 Å². The van der Waals surface area contributed by atoms with E-state index in [-0.39, 0.29) is 16.8 Å². The molecule has 1 aromatic carbocycles. The molecule has 4 nitrogen and oxygen atoms in total. The number of hydrogen-bond donors (Lipinski definition) is 0. The molecule has 0 N–H and O–H groups in total. The number of carbonyl (C=O) groups is 1. The van der Waals surface area contributed by atoms with E-state index in [4.69, 9.17) is 10.7 Å². The van der Waals surface area contributed by atoms with Crippen LogP contribution >= 0.6 is 10.7 Å². The number of benzene rings is 1. The Labute approximate surface area is 124 Å². The molecule has 20 heavy (non-hydrogen) atoms. The van der Waals surface area contributed by atoms with E-state index >= 15 is 0 Å². The summed E-state index contributed by atoms with van der Waals surface area (Å²) in [5.74, 6) is -0.141. The van der Waals surface area contributed by atoms with Crippen LogP contribution in [0.4, 0.5) is 0 Å². The van der Waals surface area contributed by atoms with E-state index in [2.05, 4.69) is 0 Å². The van der Waals surface area contributed by atoms with E-state index in [1.807, 2.05) is 6.92 Å². The highest BCUT2D eigenvalue weighted by molar-refractivity contribution is 8.13. The van der Waals surface area contributed by atoms with E-state index in [0.29, 0.717) is 5.56 Å². The summed E-state index contributed by atoms with van der Waals surface area (Å²) in [6, 6.07) is 3.14. The van der Waals surface area contributed by atoms with E-state index in [1.54, 1.807) is 18.9 Å². The molecule has 1 fully saturated rings. The third-order valence-corrected chi connectivity index (χ3v) is 5.43. The van der Waals surface area contributed by atoms with Gasteiger partial charge in [0.2, 0.25) is 0 Å². The van der Waals surface area contributed by atoms with Crippen LogP contribution in [0.15, 0.2) is 17.0 Å². The summed E-state index contributed by atoms with van der Waals surface area (Å²) in [6.07, 6.45) is 3.15. The van der Waals surface area contributed by atoms with Crippen LogP contribution in [0.3, 0.4) is 0 Å². The zero-order chi connectivity index (χ0) is 15.1. The van der Waals surface area contributed by atoms with Crippen LogP contribution in [-0.4, -0.2) is 32.3 Å². The van der Waals surface area contributed by atoms with Crippen molar-refractivity contribution in [3.05, 3.63) is 28.8 Å². The number of aryl methyl sites for hydroxylation is 1. The molecule has 1 aliphatic carbocycles. The van der Waals surface area contributed by atoms with Crippen LogP contribution in [0.2, 0.25) is 0 Å². The summed E-state index contributed by atoms with van der Waals surface area (Å²) in [5, 5.41) is 0.